The molecule has 1 aliphatic heterocycles. The third-order valence-electron chi connectivity index (χ3n) is 3.13. The number of carbonyl (C=O) groups excluding carboxylic acids is 1. The smallest absolute Gasteiger partial charge is 0.328 e. The molecule has 1 aromatic heterocycles. The van der Waals surface area contributed by atoms with E-state index in [1.807, 2.05) is 19.9 Å². The van der Waals surface area contributed by atoms with Crippen LogP contribution in [0.4, 0.5) is 10.5 Å². The van der Waals surface area contributed by atoms with E-state index < -0.39 is 12.0 Å². The van der Waals surface area contributed by atoms with E-state index >= 15 is 0 Å². The van der Waals surface area contributed by atoms with Crippen LogP contribution < -0.4 is 4.90 Å². The molecule has 0 aliphatic carbocycles. The highest BCUT2D eigenvalue weighted by Gasteiger charge is 2.40. The molecule has 0 saturated carbocycles. The molecule has 96 valence electrons. The number of aliphatic carboxylic acids is 1. The minimum Gasteiger partial charge on any atom is -0.480 e. The average Bonchev–Trinajstić information content (AvgIpc) is 2.57. The third kappa shape index (κ3) is 1.90. The summed E-state index contributed by atoms with van der Waals surface area (Å²) in [7, 11) is 1.50. The van der Waals surface area contributed by atoms with Crippen LogP contribution in [0.15, 0.2) is 12.1 Å². The van der Waals surface area contributed by atoms with Crippen LogP contribution >= 0.6 is 0 Å². The molecule has 6 nitrogen and oxygen atoms in total. The van der Waals surface area contributed by atoms with Crippen LogP contribution in [0.1, 0.15) is 11.4 Å². The molecule has 1 fully saturated rings. The average molecular weight is 249 g/mol. The normalized spacial score (nSPS) is 19.5. The number of aryl methyl sites for hydroxylation is 2. The zero-order valence-corrected chi connectivity index (χ0v) is 10.5. The Morgan fingerprint density at radius 1 is 1.44 bits per heavy atom. The highest BCUT2D eigenvalue weighted by atomic mass is 16.4. The molecule has 0 bridgehead atoms. The number of carboxylic acids is 1. The van der Waals surface area contributed by atoms with Gasteiger partial charge >= 0.3 is 12.0 Å². The van der Waals surface area contributed by atoms with Crippen molar-refractivity contribution in [3.05, 3.63) is 23.5 Å². The summed E-state index contributed by atoms with van der Waals surface area (Å²) in [6.07, 6.45) is 0. The molecule has 6 heteroatoms. The van der Waals surface area contributed by atoms with Crippen molar-refractivity contribution in [2.75, 3.05) is 18.5 Å². The second kappa shape index (κ2) is 4.29. The van der Waals surface area contributed by atoms with E-state index in [0.717, 1.165) is 11.4 Å². The van der Waals surface area contributed by atoms with Crippen LogP contribution in [0.2, 0.25) is 0 Å². The van der Waals surface area contributed by atoms with Gasteiger partial charge in [-0.2, -0.15) is 0 Å². The number of carboxylic acid groups (broad SMARTS) is 1. The van der Waals surface area contributed by atoms with E-state index in [2.05, 4.69) is 4.98 Å². The quantitative estimate of drug-likeness (QED) is 0.849. The molecule has 1 saturated heterocycles. The van der Waals surface area contributed by atoms with Crippen LogP contribution in [0, 0.1) is 13.8 Å². The van der Waals surface area contributed by atoms with Crippen molar-refractivity contribution in [2.24, 2.45) is 0 Å². The number of hydrogen-bond acceptors (Lipinski definition) is 3. The third-order valence-corrected chi connectivity index (χ3v) is 3.13. The van der Waals surface area contributed by atoms with Gasteiger partial charge in [-0.3, -0.25) is 9.88 Å². The second-order valence-corrected chi connectivity index (χ2v) is 4.42. The Kier molecular flexibility index (Phi) is 2.94. The number of urea groups is 1. The molecule has 1 aliphatic rings. The Hall–Kier alpha value is -2.11. The van der Waals surface area contributed by atoms with E-state index in [4.69, 9.17) is 5.11 Å². The molecular formula is C12H15N3O3. The predicted molar refractivity (Wildman–Crippen MR) is 65.6 cm³/mol. The van der Waals surface area contributed by atoms with Crippen LogP contribution in [-0.2, 0) is 4.79 Å². The molecule has 18 heavy (non-hydrogen) atoms. The van der Waals surface area contributed by atoms with Gasteiger partial charge in [0.25, 0.3) is 0 Å². The SMILES string of the molecule is Cc1ccc(N2CC(C(=O)O)N(C)C2=O)c(C)n1. The molecule has 1 aromatic rings. The van der Waals surface area contributed by atoms with Gasteiger partial charge in [-0.25, -0.2) is 9.59 Å². The van der Waals surface area contributed by atoms with E-state index in [1.165, 1.54) is 16.8 Å². The van der Waals surface area contributed by atoms with Crippen LogP contribution in [0.3, 0.4) is 0 Å². The maximum Gasteiger partial charge on any atom is 0.328 e. The molecule has 2 amide bonds. The summed E-state index contributed by atoms with van der Waals surface area (Å²) in [5, 5.41) is 9.04. The lowest BCUT2D eigenvalue weighted by Gasteiger charge is -2.17. The van der Waals surface area contributed by atoms with E-state index in [1.54, 1.807) is 6.07 Å². The minimum absolute atomic E-state index is 0.149. The Labute approximate surface area is 105 Å². The first-order valence-electron chi connectivity index (χ1n) is 5.63. The van der Waals surface area contributed by atoms with Crippen molar-refractivity contribution < 1.29 is 14.7 Å². The maximum atomic E-state index is 12.0. The van der Waals surface area contributed by atoms with Gasteiger partial charge in [-0.05, 0) is 26.0 Å². The highest BCUT2D eigenvalue weighted by Crippen LogP contribution is 2.25. The van der Waals surface area contributed by atoms with E-state index in [9.17, 15) is 9.59 Å². The summed E-state index contributed by atoms with van der Waals surface area (Å²) in [5.41, 5.74) is 2.26. The Bertz CT molecular complexity index is 515. The predicted octanol–water partition coefficient (Wildman–Crippen LogP) is 1.02. The van der Waals surface area contributed by atoms with Crippen molar-refractivity contribution >= 4 is 17.7 Å². The molecule has 0 aromatic carbocycles. The monoisotopic (exact) mass is 249 g/mol. The fraction of sp³-hybridized carbons (Fsp3) is 0.417. The topological polar surface area (TPSA) is 73.7 Å². The first kappa shape index (κ1) is 12.3. The van der Waals surface area contributed by atoms with Gasteiger partial charge in [-0.15, -0.1) is 0 Å². The Morgan fingerprint density at radius 2 is 2.11 bits per heavy atom. The number of nitrogens with zero attached hydrogens (tertiary/aromatic N) is 3. The number of anilines is 1. The second-order valence-electron chi connectivity index (χ2n) is 4.42. The van der Waals surface area contributed by atoms with Gasteiger partial charge in [0.2, 0.25) is 0 Å². The van der Waals surface area contributed by atoms with Crippen LogP contribution in [0.5, 0.6) is 0 Å². The summed E-state index contributed by atoms with van der Waals surface area (Å²) >= 11 is 0. The number of amides is 2. The van der Waals surface area contributed by atoms with Gasteiger partial charge in [-0.1, -0.05) is 0 Å². The highest BCUT2D eigenvalue weighted by molar-refractivity contribution is 5.99. The fourth-order valence-electron chi connectivity index (χ4n) is 2.11. The first-order chi connectivity index (χ1) is 8.41. The molecule has 0 spiro atoms. The van der Waals surface area contributed by atoms with Gasteiger partial charge in [0.15, 0.2) is 0 Å². The van der Waals surface area contributed by atoms with Gasteiger partial charge < -0.3 is 10.0 Å². The maximum absolute atomic E-state index is 12.0. The van der Waals surface area contributed by atoms with E-state index in [0.29, 0.717) is 5.69 Å². The number of carbonyl (C=O) groups is 2. The van der Waals surface area contributed by atoms with Gasteiger partial charge in [0.1, 0.15) is 6.04 Å². The summed E-state index contributed by atoms with van der Waals surface area (Å²) < 4.78 is 0. The lowest BCUT2D eigenvalue weighted by Crippen LogP contribution is -2.36. The Morgan fingerprint density at radius 3 is 2.61 bits per heavy atom. The van der Waals surface area contributed by atoms with Gasteiger partial charge in [0, 0.05) is 12.7 Å². The molecule has 1 atom stereocenters. The number of likely N-dealkylation sites (N-methyl/N-ethyl adjacent to an activating group) is 1. The molecule has 2 rings (SSSR count). The fourth-order valence-corrected chi connectivity index (χ4v) is 2.11. The van der Waals surface area contributed by atoms with E-state index in [-0.39, 0.29) is 12.6 Å². The zero-order valence-electron chi connectivity index (χ0n) is 10.5. The Balaban J connectivity index is 2.35. The molecule has 1 N–H and O–H groups in total. The van der Waals surface area contributed by atoms with Crippen molar-refractivity contribution in [1.29, 1.82) is 0 Å². The van der Waals surface area contributed by atoms with Crippen molar-refractivity contribution in [3.63, 3.8) is 0 Å². The number of rotatable bonds is 2. The first-order valence-corrected chi connectivity index (χ1v) is 5.63. The molecule has 0 radical (unpaired) electrons. The lowest BCUT2D eigenvalue weighted by atomic mass is 10.2. The largest absolute Gasteiger partial charge is 0.480 e. The molecular weight excluding hydrogens is 234 g/mol. The van der Waals surface area contributed by atoms with Crippen LogP contribution in [0.25, 0.3) is 0 Å². The van der Waals surface area contributed by atoms with Crippen molar-refractivity contribution in [2.45, 2.75) is 19.9 Å². The summed E-state index contributed by atoms with van der Waals surface area (Å²) in [6, 6.07) is 2.49. The van der Waals surface area contributed by atoms with Crippen molar-refractivity contribution in [1.82, 2.24) is 9.88 Å². The number of hydrogen-bond donors (Lipinski definition) is 1. The summed E-state index contributed by atoms with van der Waals surface area (Å²) in [4.78, 5) is 30.0. The number of aromatic nitrogens is 1. The van der Waals surface area contributed by atoms with Gasteiger partial charge in [0.05, 0.1) is 17.9 Å². The minimum atomic E-state index is -0.994. The lowest BCUT2D eigenvalue weighted by molar-refractivity contribution is -0.140. The summed E-state index contributed by atoms with van der Waals surface area (Å²) in [5.74, 6) is -0.994. The molecule has 1 unspecified atom stereocenters. The van der Waals surface area contributed by atoms with Crippen molar-refractivity contribution in [3.8, 4) is 0 Å². The molecule has 2 heterocycles. The summed E-state index contributed by atoms with van der Waals surface area (Å²) in [6.45, 7) is 3.83. The number of pyridine rings is 1. The standard InChI is InChI=1S/C12H15N3O3/c1-7-4-5-9(8(2)13-7)15-6-10(11(16)17)14(3)12(15)18/h4-5,10H,6H2,1-3H3,(H,16,17). The van der Waals surface area contributed by atoms with Crippen LogP contribution in [-0.4, -0.2) is 46.6 Å². The zero-order chi connectivity index (χ0) is 13.4.